The van der Waals surface area contributed by atoms with Crippen molar-refractivity contribution in [2.45, 2.75) is 50.5 Å². The lowest BCUT2D eigenvalue weighted by molar-refractivity contribution is -0.121. The van der Waals surface area contributed by atoms with Gasteiger partial charge in [0.05, 0.1) is 24.5 Å². The second-order valence-corrected chi connectivity index (χ2v) is 9.76. The lowest BCUT2D eigenvalue weighted by Gasteiger charge is -2.25. The van der Waals surface area contributed by atoms with Crippen LogP contribution in [0.15, 0.2) is 47.4 Å². The maximum Gasteiger partial charge on any atom is 0.243 e. The Kier molecular flexibility index (Phi) is 7.15. The summed E-state index contributed by atoms with van der Waals surface area (Å²) in [5.41, 5.74) is 2.79. The molecule has 3 rings (SSSR count). The molecule has 0 saturated carbocycles. The lowest BCUT2D eigenvalue weighted by atomic mass is 10.0. The molecule has 1 heterocycles. The molecule has 1 amide bonds. The third-order valence-electron chi connectivity index (χ3n) is 5.47. The van der Waals surface area contributed by atoms with Crippen molar-refractivity contribution in [2.75, 3.05) is 20.2 Å². The molecule has 1 aliphatic heterocycles. The van der Waals surface area contributed by atoms with Gasteiger partial charge in [-0.15, -0.1) is 0 Å². The Morgan fingerprint density at radius 2 is 1.77 bits per heavy atom. The van der Waals surface area contributed by atoms with Crippen molar-refractivity contribution in [3.8, 4) is 5.75 Å². The van der Waals surface area contributed by atoms with Crippen LogP contribution < -0.4 is 10.1 Å². The van der Waals surface area contributed by atoms with Crippen LogP contribution in [0.3, 0.4) is 0 Å². The summed E-state index contributed by atoms with van der Waals surface area (Å²) in [6.07, 6.45) is 3.07. The second kappa shape index (κ2) is 9.62. The Labute approximate surface area is 179 Å². The van der Waals surface area contributed by atoms with E-state index in [1.54, 1.807) is 35.7 Å². The number of benzene rings is 2. The van der Waals surface area contributed by atoms with E-state index < -0.39 is 10.0 Å². The minimum atomic E-state index is -3.46. The molecule has 1 aliphatic rings. The van der Waals surface area contributed by atoms with Crippen molar-refractivity contribution >= 4 is 15.9 Å². The number of nitrogens with zero attached hydrogens (tertiary/aromatic N) is 1. The van der Waals surface area contributed by atoms with Gasteiger partial charge in [0, 0.05) is 18.7 Å². The quantitative estimate of drug-likeness (QED) is 0.728. The van der Waals surface area contributed by atoms with E-state index in [0.717, 1.165) is 41.7 Å². The molecule has 0 bridgehead atoms. The van der Waals surface area contributed by atoms with E-state index in [1.807, 2.05) is 32.0 Å². The molecule has 0 radical (unpaired) electrons. The summed E-state index contributed by atoms with van der Waals surface area (Å²) in [4.78, 5) is 12.8. The zero-order valence-electron chi connectivity index (χ0n) is 17.8. The number of amides is 1. The van der Waals surface area contributed by atoms with Gasteiger partial charge in [-0.2, -0.15) is 4.31 Å². The van der Waals surface area contributed by atoms with Crippen LogP contribution in [0, 0.1) is 6.92 Å². The number of sulfonamides is 1. The first kappa shape index (κ1) is 22.3. The van der Waals surface area contributed by atoms with Gasteiger partial charge in [0.2, 0.25) is 15.9 Å². The predicted octanol–water partition coefficient (Wildman–Crippen LogP) is 3.60. The molecule has 1 saturated heterocycles. The van der Waals surface area contributed by atoms with Crippen molar-refractivity contribution in [1.29, 1.82) is 0 Å². The Hall–Kier alpha value is -2.38. The van der Waals surface area contributed by atoms with Gasteiger partial charge < -0.3 is 10.1 Å². The van der Waals surface area contributed by atoms with Gasteiger partial charge in [-0.25, -0.2) is 8.42 Å². The highest BCUT2D eigenvalue weighted by atomic mass is 32.2. The molecular weight excluding hydrogens is 400 g/mol. The van der Waals surface area contributed by atoms with Crippen LogP contribution in [-0.2, 0) is 21.2 Å². The van der Waals surface area contributed by atoms with Gasteiger partial charge >= 0.3 is 0 Å². The summed E-state index contributed by atoms with van der Waals surface area (Å²) in [5, 5.41) is 3.00. The van der Waals surface area contributed by atoms with E-state index in [9.17, 15) is 13.2 Å². The SMILES string of the molecule is COc1ccc(C)cc1[C@@H](C)NC(=O)Cc1ccc(S(=O)(=O)N2CCCCC2)cc1. The smallest absolute Gasteiger partial charge is 0.243 e. The molecule has 30 heavy (non-hydrogen) atoms. The number of piperidine rings is 1. The highest BCUT2D eigenvalue weighted by Crippen LogP contribution is 2.26. The van der Waals surface area contributed by atoms with Crippen LogP contribution in [-0.4, -0.2) is 38.8 Å². The monoisotopic (exact) mass is 430 g/mol. The molecule has 2 aromatic rings. The van der Waals surface area contributed by atoms with E-state index in [2.05, 4.69) is 5.32 Å². The van der Waals surface area contributed by atoms with Crippen molar-refractivity contribution in [2.24, 2.45) is 0 Å². The first-order valence-electron chi connectivity index (χ1n) is 10.3. The summed E-state index contributed by atoms with van der Waals surface area (Å²) >= 11 is 0. The molecule has 162 valence electrons. The number of aryl methyl sites for hydroxylation is 1. The molecule has 1 atom stereocenters. The number of hydrogen-bond donors (Lipinski definition) is 1. The number of nitrogens with one attached hydrogen (secondary N) is 1. The highest BCUT2D eigenvalue weighted by molar-refractivity contribution is 7.89. The highest BCUT2D eigenvalue weighted by Gasteiger charge is 2.25. The molecule has 1 N–H and O–H groups in total. The van der Waals surface area contributed by atoms with Crippen LogP contribution in [0.25, 0.3) is 0 Å². The summed E-state index contributed by atoms with van der Waals surface area (Å²) in [6.45, 7) is 5.07. The molecule has 1 fully saturated rings. The van der Waals surface area contributed by atoms with Gasteiger partial charge in [-0.3, -0.25) is 4.79 Å². The lowest BCUT2D eigenvalue weighted by Crippen LogP contribution is -2.35. The van der Waals surface area contributed by atoms with E-state index in [4.69, 9.17) is 4.74 Å². The molecular formula is C23H30N2O4S. The Bertz CT molecular complexity index is 981. The summed E-state index contributed by atoms with van der Waals surface area (Å²) in [6, 6.07) is 12.3. The van der Waals surface area contributed by atoms with Crippen LogP contribution >= 0.6 is 0 Å². The average Bonchev–Trinajstić information content (AvgIpc) is 2.74. The molecule has 0 aliphatic carbocycles. The topological polar surface area (TPSA) is 75.7 Å². The molecule has 7 heteroatoms. The zero-order chi connectivity index (χ0) is 21.7. The maximum atomic E-state index is 12.7. The molecule has 0 aromatic heterocycles. The number of methoxy groups -OCH3 is 1. The third kappa shape index (κ3) is 5.21. The first-order chi connectivity index (χ1) is 14.3. The Morgan fingerprint density at radius 1 is 1.10 bits per heavy atom. The number of rotatable bonds is 7. The fourth-order valence-electron chi connectivity index (χ4n) is 3.78. The molecule has 2 aromatic carbocycles. The summed E-state index contributed by atoms with van der Waals surface area (Å²) in [7, 11) is -1.84. The predicted molar refractivity (Wildman–Crippen MR) is 117 cm³/mol. The minimum absolute atomic E-state index is 0.127. The number of carbonyl (C=O) groups is 1. The Morgan fingerprint density at radius 3 is 2.40 bits per heavy atom. The standard InChI is InChI=1S/C23H30N2O4S/c1-17-7-12-22(29-3)21(15-17)18(2)24-23(26)16-19-8-10-20(11-9-19)30(27,28)25-13-5-4-6-14-25/h7-12,15,18H,4-6,13-14,16H2,1-3H3,(H,24,26)/t18-/m1/s1. The fraction of sp³-hybridized carbons (Fsp3) is 0.435. The van der Waals surface area contributed by atoms with Gasteiger partial charge in [-0.1, -0.05) is 36.2 Å². The summed E-state index contributed by atoms with van der Waals surface area (Å²) in [5.74, 6) is 0.610. The van der Waals surface area contributed by atoms with E-state index in [0.29, 0.717) is 13.1 Å². The number of ether oxygens (including phenoxy) is 1. The summed E-state index contributed by atoms with van der Waals surface area (Å²) < 4.78 is 32.4. The first-order valence-corrected chi connectivity index (χ1v) is 11.8. The van der Waals surface area contributed by atoms with Crippen LogP contribution in [0.1, 0.15) is 48.9 Å². The largest absolute Gasteiger partial charge is 0.496 e. The van der Waals surface area contributed by atoms with Gasteiger partial charge in [0.1, 0.15) is 5.75 Å². The number of carbonyl (C=O) groups excluding carboxylic acids is 1. The average molecular weight is 431 g/mol. The van der Waals surface area contributed by atoms with Gasteiger partial charge in [0.25, 0.3) is 0 Å². The fourth-order valence-corrected chi connectivity index (χ4v) is 5.30. The van der Waals surface area contributed by atoms with Crippen LogP contribution in [0.2, 0.25) is 0 Å². The number of hydrogen-bond acceptors (Lipinski definition) is 4. The van der Waals surface area contributed by atoms with Crippen molar-refractivity contribution in [1.82, 2.24) is 9.62 Å². The third-order valence-corrected chi connectivity index (χ3v) is 7.38. The normalized spacial score (nSPS) is 16.1. The maximum absolute atomic E-state index is 12.7. The van der Waals surface area contributed by atoms with E-state index in [1.165, 1.54) is 0 Å². The molecule has 6 nitrogen and oxygen atoms in total. The minimum Gasteiger partial charge on any atom is -0.496 e. The molecule has 0 unspecified atom stereocenters. The van der Waals surface area contributed by atoms with Crippen molar-refractivity contribution < 1.29 is 17.9 Å². The van der Waals surface area contributed by atoms with E-state index >= 15 is 0 Å². The Balaban J connectivity index is 1.64. The van der Waals surface area contributed by atoms with Gasteiger partial charge in [0.15, 0.2) is 0 Å². The second-order valence-electron chi connectivity index (χ2n) is 7.82. The van der Waals surface area contributed by atoms with Crippen LogP contribution in [0.4, 0.5) is 0 Å². The molecule has 0 spiro atoms. The zero-order valence-corrected chi connectivity index (χ0v) is 18.7. The van der Waals surface area contributed by atoms with Crippen LogP contribution in [0.5, 0.6) is 5.75 Å². The van der Waals surface area contributed by atoms with E-state index in [-0.39, 0.29) is 23.3 Å². The van der Waals surface area contributed by atoms with Crippen molar-refractivity contribution in [3.05, 3.63) is 59.2 Å². The van der Waals surface area contributed by atoms with Gasteiger partial charge in [-0.05, 0) is 50.5 Å². The van der Waals surface area contributed by atoms with Crippen molar-refractivity contribution in [3.63, 3.8) is 0 Å².